The highest BCUT2D eigenvalue weighted by molar-refractivity contribution is 6.31. The Labute approximate surface area is 94.8 Å². The molecule has 0 aromatic carbocycles. The lowest BCUT2D eigenvalue weighted by Crippen LogP contribution is -1.97. The van der Waals surface area contributed by atoms with Crippen LogP contribution in [0.5, 0.6) is 0 Å². The van der Waals surface area contributed by atoms with Crippen LogP contribution in [0.25, 0.3) is 17.1 Å². The molecular weight excluding hydrogens is 236 g/mol. The first-order valence-corrected chi connectivity index (χ1v) is 4.73. The van der Waals surface area contributed by atoms with Crippen LogP contribution in [0, 0.1) is 0 Å². The lowest BCUT2D eigenvalue weighted by molar-refractivity contribution is 0.141. The molecule has 3 nitrogen and oxygen atoms in total. The second kappa shape index (κ2) is 4.09. The van der Waals surface area contributed by atoms with Crippen LogP contribution in [-0.2, 0) is 0 Å². The van der Waals surface area contributed by atoms with Gasteiger partial charge in [0.2, 0.25) is 0 Å². The van der Waals surface area contributed by atoms with Crippen LogP contribution in [0.1, 0.15) is 17.8 Å². The molecule has 0 aliphatic carbocycles. The molecule has 0 atom stereocenters. The van der Waals surface area contributed by atoms with Crippen LogP contribution in [-0.4, -0.2) is 15.0 Å². The van der Waals surface area contributed by atoms with Crippen LogP contribution in [0.15, 0.2) is 18.8 Å². The number of hydrogen-bond acceptors (Lipinski definition) is 3. The zero-order chi connectivity index (χ0) is 11.7. The number of halogens is 3. The van der Waals surface area contributed by atoms with Gasteiger partial charge in [-0.2, -0.15) is 0 Å². The van der Waals surface area contributed by atoms with Crippen molar-refractivity contribution in [2.45, 2.75) is 6.43 Å². The highest BCUT2D eigenvalue weighted by Crippen LogP contribution is 2.21. The third-order valence-electron chi connectivity index (χ3n) is 1.98. The number of rotatable bonds is 2. The number of pyridine rings is 1. The molecule has 0 spiro atoms. The maximum Gasteiger partial charge on any atom is 0.297 e. The Balaban J connectivity index is 2.68. The zero-order valence-electron chi connectivity index (χ0n) is 7.99. The molecule has 0 aliphatic heterocycles. The van der Waals surface area contributed by atoms with E-state index in [9.17, 15) is 8.78 Å². The van der Waals surface area contributed by atoms with Crippen LogP contribution < -0.4 is 0 Å². The van der Waals surface area contributed by atoms with E-state index in [1.54, 1.807) is 6.07 Å². The van der Waals surface area contributed by atoms with E-state index in [2.05, 4.69) is 21.5 Å². The van der Waals surface area contributed by atoms with Crippen molar-refractivity contribution < 1.29 is 8.78 Å². The molecule has 82 valence electrons. The molecule has 2 heterocycles. The van der Waals surface area contributed by atoms with E-state index in [4.69, 9.17) is 11.6 Å². The fourth-order valence-corrected chi connectivity index (χ4v) is 1.44. The summed E-state index contributed by atoms with van der Waals surface area (Å²) in [5.74, 6) is -0.522. The van der Waals surface area contributed by atoms with Crippen molar-refractivity contribution in [1.82, 2.24) is 15.0 Å². The van der Waals surface area contributed by atoms with E-state index in [-0.39, 0.29) is 5.15 Å². The zero-order valence-corrected chi connectivity index (χ0v) is 8.75. The molecule has 0 saturated heterocycles. The Morgan fingerprint density at radius 1 is 1.31 bits per heavy atom. The molecule has 16 heavy (non-hydrogen) atoms. The van der Waals surface area contributed by atoms with Gasteiger partial charge >= 0.3 is 0 Å². The molecule has 2 aromatic rings. The average molecular weight is 242 g/mol. The molecule has 0 fully saturated rings. The van der Waals surface area contributed by atoms with Gasteiger partial charge in [-0.25, -0.2) is 23.7 Å². The molecule has 0 saturated carbocycles. The van der Waals surface area contributed by atoms with Crippen LogP contribution >= 0.6 is 11.6 Å². The van der Waals surface area contributed by atoms with Crippen molar-refractivity contribution in [3.8, 4) is 0 Å². The Morgan fingerprint density at radius 2 is 2.06 bits per heavy atom. The van der Waals surface area contributed by atoms with Gasteiger partial charge in [0.15, 0.2) is 5.82 Å². The molecule has 2 rings (SSSR count). The Bertz CT molecular complexity index is 557. The maximum atomic E-state index is 12.4. The molecule has 0 N–H and O–H groups in total. The second-order valence-electron chi connectivity index (χ2n) is 3.01. The SMILES string of the molecule is C=Cc1cc2nc(C(F)F)ncc2nc1Cl. The summed E-state index contributed by atoms with van der Waals surface area (Å²) in [6, 6.07) is 1.55. The third-order valence-corrected chi connectivity index (χ3v) is 2.28. The molecule has 0 unspecified atom stereocenters. The van der Waals surface area contributed by atoms with E-state index in [0.29, 0.717) is 16.6 Å². The van der Waals surface area contributed by atoms with Crippen LogP contribution in [0.4, 0.5) is 8.78 Å². The first kappa shape index (κ1) is 10.9. The molecule has 6 heteroatoms. The first-order valence-electron chi connectivity index (χ1n) is 4.35. The number of fused-ring (bicyclic) bond motifs is 1. The maximum absolute atomic E-state index is 12.4. The fraction of sp³-hybridized carbons (Fsp3) is 0.100. The van der Waals surface area contributed by atoms with E-state index in [1.807, 2.05) is 0 Å². The van der Waals surface area contributed by atoms with Crippen molar-refractivity contribution in [1.29, 1.82) is 0 Å². The predicted molar refractivity (Wildman–Crippen MR) is 57.4 cm³/mol. The summed E-state index contributed by atoms with van der Waals surface area (Å²) < 4.78 is 24.7. The Kier molecular flexibility index (Phi) is 2.78. The van der Waals surface area contributed by atoms with Gasteiger partial charge in [-0.05, 0) is 6.07 Å². The highest BCUT2D eigenvalue weighted by Gasteiger charge is 2.12. The Hall–Kier alpha value is -1.62. The normalized spacial score (nSPS) is 11.0. The average Bonchev–Trinajstić information content (AvgIpc) is 2.27. The smallest absolute Gasteiger partial charge is 0.234 e. The summed E-state index contributed by atoms with van der Waals surface area (Å²) in [6.07, 6.45) is 0.00821. The topological polar surface area (TPSA) is 38.7 Å². The molecule has 0 radical (unpaired) electrons. The summed E-state index contributed by atoms with van der Waals surface area (Å²) in [4.78, 5) is 11.2. The lowest BCUT2D eigenvalue weighted by atomic mass is 10.2. The minimum absolute atomic E-state index is 0.246. The number of alkyl halides is 2. The van der Waals surface area contributed by atoms with Crippen molar-refractivity contribution in [3.05, 3.63) is 35.4 Å². The Morgan fingerprint density at radius 3 is 2.69 bits per heavy atom. The van der Waals surface area contributed by atoms with Gasteiger partial charge < -0.3 is 0 Å². The van der Waals surface area contributed by atoms with Crippen molar-refractivity contribution >= 4 is 28.7 Å². The van der Waals surface area contributed by atoms with Crippen LogP contribution in [0.3, 0.4) is 0 Å². The summed E-state index contributed by atoms with van der Waals surface area (Å²) in [5.41, 5.74) is 1.25. The minimum Gasteiger partial charge on any atom is -0.234 e. The van der Waals surface area contributed by atoms with E-state index in [0.717, 1.165) is 0 Å². The number of hydrogen-bond donors (Lipinski definition) is 0. The van der Waals surface area contributed by atoms with Gasteiger partial charge in [-0.3, -0.25) is 0 Å². The van der Waals surface area contributed by atoms with Gasteiger partial charge in [-0.1, -0.05) is 24.3 Å². The van der Waals surface area contributed by atoms with E-state index >= 15 is 0 Å². The van der Waals surface area contributed by atoms with Gasteiger partial charge in [0, 0.05) is 5.56 Å². The van der Waals surface area contributed by atoms with E-state index < -0.39 is 12.2 Å². The summed E-state index contributed by atoms with van der Waals surface area (Å²) >= 11 is 5.82. The predicted octanol–water partition coefficient (Wildman–Crippen LogP) is 3.26. The van der Waals surface area contributed by atoms with Crippen molar-refractivity contribution in [2.24, 2.45) is 0 Å². The van der Waals surface area contributed by atoms with Crippen LogP contribution in [0.2, 0.25) is 5.15 Å². The van der Waals surface area contributed by atoms with Gasteiger partial charge in [0.1, 0.15) is 10.7 Å². The quantitative estimate of drug-likeness (QED) is 0.758. The molecule has 0 amide bonds. The van der Waals surface area contributed by atoms with Gasteiger partial charge in [0.05, 0.1) is 11.7 Å². The fourth-order valence-electron chi connectivity index (χ4n) is 1.22. The summed E-state index contributed by atoms with van der Waals surface area (Å²) in [5, 5.41) is 0.246. The molecule has 2 aromatic heterocycles. The summed E-state index contributed by atoms with van der Waals surface area (Å²) in [6.45, 7) is 3.54. The molecule has 0 bridgehead atoms. The van der Waals surface area contributed by atoms with Crippen molar-refractivity contribution in [2.75, 3.05) is 0 Å². The third kappa shape index (κ3) is 1.86. The van der Waals surface area contributed by atoms with Gasteiger partial charge in [0.25, 0.3) is 6.43 Å². The van der Waals surface area contributed by atoms with Crippen molar-refractivity contribution in [3.63, 3.8) is 0 Å². The number of aromatic nitrogens is 3. The minimum atomic E-state index is -2.70. The second-order valence-corrected chi connectivity index (χ2v) is 3.36. The van der Waals surface area contributed by atoms with Gasteiger partial charge in [-0.15, -0.1) is 0 Å². The van der Waals surface area contributed by atoms with E-state index in [1.165, 1.54) is 12.3 Å². The lowest BCUT2D eigenvalue weighted by Gasteiger charge is -2.03. The first-order chi connectivity index (χ1) is 7.61. The molecular formula is C10H6ClF2N3. The monoisotopic (exact) mass is 241 g/mol. The summed E-state index contributed by atoms with van der Waals surface area (Å²) in [7, 11) is 0. The highest BCUT2D eigenvalue weighted by atomic mass is 35.5. The molecule has 0 aliphatic rings. The number of nitrogens with zero attached hydrogens (tertiary/aromatic N) is 3. The largest absolute Gasteiger partial charge is 0.297 e. The standard InChI is InChI=1S/C10H6ClF2N3/c1-2-5-3-6-7(15-8(5)11)4-14-10(16-6)9(12)13/h2-4,9H,1H2.